The highest BCUT2D eigenvalue weighted by molar-refractivity contribution is 7.87. The van der Waals surface area contributed by atoms with Gasteiger partial charge in [0.1, 0.15) is 0 Å². The Morgan fingerprint density at radius 1 is 1.32 bits per heavy atom. The third-order valence-electron chi connectivity index (χ3n) is 3.78. The number of hydrogen-bond donors (Lipinski definition) is 2. The number of carboxylic acids is 1. The minimum atomic E-state index is -3.50. The number of hydrogen-bond acceptors (Lipinski definition) is 3. The Morgan fingerprint density at radius 3 is 2.47 bits per heavy atom. The van der Waals surface area contributed by atoms with E-state index in [1.807, 2.05) is 0 Å². The lowest BCUT2D eigenvalue weighted by atomic mass is 10.0. The van der Waals surface area contributed by atoms with Gasteiger partial charge < -0.3 is 5.11 Å². The van der Waals surface area contributed by atoms with E-state index < -0.39 is 28.1 Å². The van der Waals surface area contributed by atoms with Crippen molar-refractivity contribution in [2.75, 3.05) is 13.1 Å². The summed E-state index contributed by atoms with van der Waals surface area (Å²) < 4.78 is 28.3. The summed E-state index contributed by atoms with van der Waals surface area (Å²) in [7, 11) is -3.50. The predicted octanol–water partition coefficient (Wildman–Crippen LogP) is 0.582. The Balaban J connectivity index is 1.92. The SMILES string of the molecule is CC1CCN(S(=O)(=O)NC2C=CC(C(=O)O)C2)CC1. The zero-order valence-corrected chi connectivity index (χ0v) is 11.8. The minimum absolute atomic E-state index is 0.290. The van der Waals surface area contributed by atoms with Gasteiger partial charge in [-0.15, -0.1) is 0 Å². The molecule has 0 saturated carbocycles. The number of aliphatic carboxylic acids is 1. The Bertz CT molecular complexity index is 466. The highest BCUT2D eigenvalue weighted by atomic mass is 32.2. The smallest absolute Gasteiger partial charge is 0.310 e. The molecular formula is C12H20N2O4S. The Labute approximate surface area is 113 Å². The molecule has 19 heavy (non-hydrogen) atoms. The summed E-state index contributed by atoms with van der Waals surface area (Å²) >= 11 is 0. The molecule has 1 fully saturated rings. The molecule has 1 aliphatic carbocycles. The molecule has 108 valence electrons. The third-order valence-corrected chi connectivity index (χ3v) is 5.43. The summed E-state index contributed by atoms with van der Waals surface area (Å²) in [4.78, 5) is 10.8. The van der Waals surface area contributed by atoms with Crippen molar-refractivity contribution < 1.29 is 18.3 Å². The first-order valence-corrected chi connectivity index (χ1v) is 8.01. The molecule has 1 saturated heterocycles. The van der Waals surface area contributed by atoms with Gasteiger partial charge >= 0.3 is 5.97 Å². The minimum Gasteiger partial charge on any atom is -0.481 e. The Hall–Kier alpha value is -0.920. The standard InChI is InChI=1S/C12H20N2O4S/c1-9-4-6-14(7-5-9)19(17,18)13-11-3-2-10(8-11)12(15)16/h2-3,9-11,13H,4-8H2,1H3,(H,15,16). The van der Waals surface area contributed by atoms with Crippen molar-refractivity contribution in [1.82, 2.24) is 9.03 Å². The third kappa shape index (κ3) is 3.55. The molecule has 7 heteroatoms. The van der Waals surface area contributed by atoms with Crippen LogP contribution in [0, 0.1) is 11.8 Å². The van der Waals surface area contributed by atoms with Crippen LogP contribution in [0.5, 0.6) is 0 Å². The van der Waals surface area contributed by atoms with Crippen molar-refractivity contribution in [2.24, 2.45) is 11.8 Å². The molecule has 0 aromatic rings. The van der Waals surface area contributed by atoms with Crippen LogP contribution < -0.4 is 4.72 Å². The molecule has 0 amide bonds. The van der Waals surface area contributed by atoms with Gasteiger partial charge in [-0.3, -0.25) is 4.79 Å². The van der Waals surface area contributed by atoms with Crippen molar-refractivity contribution in [2.45, 2.75) is 32.2 Å². The fourth-order valence-electron chi connectivity index (χ4n) is 2.46. The van der Waals surface area contributed by atoms with E-state index in [0.29, 0.717) is 25.4 Å². The van der Waals surface area contributed by atoms with Crippen LogP contribution in [0.15, 0.2) is 12.2 Å². The molecule has 0 spiro atoms. The van der Waals surface area contributed by atoms with Crippen LogP contribution in [-0.2, 0) is 15.0 Å². The molecule has 0 aromatic carbocycles. The second-order valence-electron chi connectivity index (χ2n) is 5.38. The van der Waals surface area contributed by atoms with Crippen LogP contribution in [0.3, 0.4) is 0 Å². The number of nitrogens with one attached hydrogen (secondary N) is 1. The van der Waals surface area contributed by atoms with Gasteiger partial charge in [0.25, 0.3) is 10.2 Å². The molecule has 1 aliphatic heterocycles. The Kier molecular flexibility index (Phi) is 4.27. The molecule has 0 aromatic heterocycles. The molecule has 2 atom stereocenters. The maximum Gasteiger partial charge on any atom is 0.310 e. The Morgan fingerprint density at radius 2 is 1.95 bits per heavy atom. The van der Waals surface area contributed by atoms with Crippen LogP contribution >= 0.6 is 0 Å². The summed E-state index contributed by atoms with van der Waals surface area (Å²) in [5.41, 5.74) is 0. The molecule has 2 N–H and O–H groups in total. The lowest BCUT2D eigenvalue weighted by Crippen LogP contribution is -2.47. The van der Waals surface area contributed by atoms with Crippen LogP contribution in [0.2, 0.25) is 0 Å². The van der Waals surface area contributed by atoms with Gasteiger partial charge in [-0.25, -0.2) is 0 Å². The van der Waals surface area contributed by atoms with Gasteiger partial charge in [-0.2, -0.15) is 17.4 Å². The van der Waals surface area contributed by atoms with E-state index in [-0.39, 0.29) is 0 Å². The van der Waals surface area contributed by atoms with Gasteiger partial charge in [0.2, 0.25) is 0 Å². The average molecular weight is 288 g/mol. The molecule has 2 aliphatic rings. The van der Waals surface area contributed by atoms with E-state index in [0.717, 1.165) is 12.8 Å². The number of rotatable bonds is 4. The number of carbonyl (C=O) groups is 1. The van der Waals surface area contributed by atoms with Crippen molar-refractivity contribution >= 4 is 16.2 Å². The first-order valence-electron chi connectivity index (χ1n) is 6.57. The number of piperidine rings is 1. The summed E-state index contributed by atoms with van der Waals surface area (Å²) in [5, 5.41) is 8.87. The zero-order valence-electron chi connectivity index (χ0n) is 10.9. The van der Waals surface area contributed by atoms with Crippen LogP contribution in [0.1, 0.15) is 26.2 Å². The van der Waals surface area contributed by atoms with Gasteiger partial charge in [0.05, 0.1) is 5.92 Å². The number of nitrogens with zero attached hydrogens (tertiary/aromatic N) is 1. The lowest BCUT2D eigenvalue weighted by molar-refractivity contribution is -0.140. The maximum atomic E-state index is 12.2. The first kappa shape index (κ1) is 14.5. The quantitative estimate of drug-likeness (QED) is 0.741. The monoisotopic (exact) mass is 288 g/mol. The first-order chi connectivity index (χ1) is 8.88. The van der Waals surface area contributed by atoms with Crippen molar-refractivity contribution in [1.29, 1.82) is 0 Å². The van der Waals surface area contributed by atoms with Crippen LogP contribution in [-0.4, -0.2) is 42.9 Å². The summed E-state index contributed by atoms with van der Waals surface area (Å²) in [5.74, 6) is -0.937. The highest BCUT2D eigenvalue weighted by Gasteiger charge is 2.31. The summed E-state index contributed by atoms with van der Waals surface area (Å²) in [6, 6.07) is -0.412. The largest absolute Gasteiger partial charge is 0.481 e. The lowest BCUT2D eigenvalue weighted by Gasteiger charge is -2.30. The van der Waals surface area contributed by atoms with E-state index in [1.54, 1.807) is 12.2 Å². The fraction of sp³-hybridized carbons (Fsp3) is 0.750. The van der Waals surface area contributed by atoms with E-state index >= 15 is 0 Å². The van der Waals surface area contributed by atoms with E-state index in [1.165, 1.54) is 4.31 Å². The molecule has 1 heterocycles. The molecule has 0 bridgehead atoms. The summed E-state index contributed by atoms with van der Waals surface area (Å²) in [6.45, 7) is 3.19. The van der Waals surface area contributed by atoms with Gasteiger partial charge in [0.15, 0.2) is 0 Å². The second kappa shape index (κ2) is 5.60. The van der Waals surface area contributed by atoms with E-state index in [9.17, 15) is 13.2 Å². The van der Waals surface area contributed by atoms with Crippen molar-refractivity contribution in [3.05, 3.63) is 12.2 Å². The second-order valence-corrected chi connectivity index (χ2v) is 7.08. The van der Waals surface area contributed by atoms with Gasteiger partial charge in [0, 0.05) is 19.1 Å². The summed E-state index contributed by atoms with van der Waals surface area (Å²) in [6.07, 6.45) is 5.22. The highest BCUT2D eigenvalue weighted by Crippen LogP contribution is 2.21. The molecular weight excluding hydrogens is 268 g/mol. The normalized spacial score (nSPS) is 29.7. The molecule has 0 radical (unpaired) electrons. The maximum absolute atomic E-state index is 12.2. The average Bonchev–Trinajstić information content (AvgIpc) is 2.77. The van der Waals surface area contributed by atoms with E-state index in [4.69, 9.17) is 5.11 Å². The molecule has 2 unspecified atom stereocenters. The van der Waals surface area contributed by atoms with Gasteiger partial charge in [-0.1, -0.05) is 19.1 Å². The number of carboxylic acid groups (broad SMARTS) is 1. The van der Waals surface area contributed by atoms with Crippen LogP contribution in [0.4, 0.5) is 0 Å². The zero-order chi connectivity index (χ0) is 14.0. The molecule has 6 nitrogen and oxygen atoms in total. The molecule has 2 rings (SSSR count). The topological polar surface area (TPSA) is 86.7 Å². The predicted molar refractivity (Wildman–Crippen MR) is 70.7 cm³/mol. The van der Waals surface area contributed by atoms with Crippen molar-refractivity contribution in [3.63, 3.8) is 0 Å². The van der Waals surface area contributed by atoms with Crippen LogP contribution in [0.25, 0.3) is 0 Å². The van der Waals surface area contributed by atoms with Crippen molar-refractivity contribution in [3.8, 4) is 0 Å². The van der Waals surface area contributed by atoms with Gasteiger partial charge in [-0.05, 0) is 25.2 Å². The van der Waals surface area contributed by atoms with E-state index in [2.05, 4.69) is 11.6 Å². The fourth-order valence-corrected chi connectivity index (χ4v) is 3.86.